The maximum Gasteiger partial charge on any atom is 0.244 e. The molecule has 3 aromatic rings. The summed E-state index contributed by atoms with van der Waals surface area (Å²) in [5.74, 6) is 2.98. The monoisotopic (exact) mass is 476 g/mol. The van der Waals surface area contributed by atoms with Crippen LogP contribution in [0.25, 0.3) is 11.4 Å². The first-order valence-electron chi connectivity index (χ1n) is 12.6. The highest BCUT2D eigenvalue weighted by Gasteiger charge is 2.30. The number of pyridine rings is 1. The van der Waals surface area contributed by atoms with Crippen molar-refractivity contribution >= 4 is 11.7 Å². The van der Waals surface area contributed by atoms with Crippen LogP contribution in [0.15, 0.2) is 42.6 Å². The summed E-state index contributed by atoms with van der Waals surface area (Å²) in [7, 11) is 0. The van der Waals surface area contributed by atoms with Gasteiger partial charge in [-0.05, 0) is 55.2 Å². The number of piperazine rings is 1. The molecule has 0 bridgehead atoms. The lowest BCUT2D eigenvalue weighted by Crippen LogP contribution is -2.50. The molecule has 2 aromatic heterocycles. The molecule has 1 amide bonds. The molecule has 0 N–H and O–H groups in total. The van der Waals surface area contributed by atoms with Crippen molar-refractivity contribution in [3.63, 3.8) is 0 Å². The normalized spacial score (nSPS) is 20.8. The number of hydrogen-bond donors (Lipinski definition) is 0. The highest BCUT2D eigenvalue weighted by Crippen LogP contribution is 2.37. The SMILES string of the molecule is Cc1cc(-c2nc(C3CCCCC3C)n(CC(=O)N3CCN(c4ccccn4)CC3)n2)ccc1F. The van der Waals surface area contributed by atoms with Gasteiger partial charge in [0.05, 0.1) is 0 Å². The molecule has 1 aromatic carbocycles. The van der Waals surface area contributed by atoms with E-state index in [2.05, 4.69) is 16.8 Å². The number of nitrogens with zero attached hydrogens (tertiary/aromatic N) is 6. The first-order valence-corrected chi connectivity index (χ1v) is 12.6. The molecule has 3 heterocycles. The fraction of sp³-hybridized carbons (Fsp3) is 0.481. The summed E-state index contributed by atoms with van der Waals surface area (Å²) in [6.45, 7) is 7.01. The molecule has 7 nitrogen and oxygen atoms in total. The maximum absolute atomic E-state index is 13.9. The van der Waals surface area contributed by atoms with Gasteiger partial charge < -0.3 is 9.80 Å². The second-order valence-corrected chi connectivity index (χ2v) is 9.84. The summed E-state index contributed by atoms with van der Waals surface area (Å²) < 4.78 is 15.7. The van der Waals surface area contributed by atoms with Crippen LogP contribution in [0.2, 0.25) is 0 Å². The van der Waals surface area contributed by atoms with E-state index in [0.717, 1.165) is 49.6 Å². The fourth-order valence-corrected chi connectivity index (χ4v) is 5.30. The quantitative estimate of drug-likeness (QED) is 0.545. The van der Waals surface area contributed by atoms with Gasteiger partial charge >= 0.3 is 0 Å². The number of hydrogen-bond acceptors (Lipinski definition) is 5. The highest BCUT2D eigenvalue weighted by atomic mass is 19.1. The number of benzene rings is 1. The number of aryl methyl sites for hydroxylation is 1. The Morgan fingerprint density at radius 1 is 1.09 bits per heavy atom. The van der Waals surface area contributed by atoms with Gasteiger partial charge in [0.2, 0.25) is 5.91 Å². The molecule has 1 aliphatic heterocycles. The van der Waals surface area contributed by atoms with Crippen LogP contribution in [0, 0.1) is 18.7 Å². The molecular formula is C27H33FN6O. The number of aromatic nitrogens is 4. The van der Waals surface area contributed by atoms with Gasteiger partial charge in [0.15, 0.2) is 5.82 Å². The standard InChI is InChI=1S/C27H33FN6O/c1-19-7-3-4-8-22(19)27-30-26(21-10-11-23(28)20(2)17-21)31-34(27)18-25(35)33-15-13-32(14-16-33)24-9-5-6-12-29-24/h5-6,9-12,17,19,22H,3-4,7-8,13-16,18H2,1-2H3. The Labute approximate surface area is 206 Å². The third-order valence-electron chi connectivity index (χ3n) is 7.45. The average Bonchev–Trinajstić information content (AvgIpc) is 3.30. The number of amides is 1. The van der Waals surface area contributed by atoms with Crippen LogP contribution in [-0.2, 0) is 11.3 Å². The second-order valence-electron chi connectivity index (χ2n) is 9.84. The van der Waals surface area contributed by atoms with E-state index >= 15 is 0 Å². The molecule has 0 spiro atoms. The third-order valence-corrected chi connectivity index (χ3v) is 7.45. The summed E-state index contributed by atoms with van der Waals surface area (Å²) in [5, 5.41) is 4.77. The smallest absolute Gasteiger partial charge is 0.244 e. The van der Waals surface area contributed by atoms with Gasteiger partial charge in [-0.2, -0.15) is 5.10 Å². The molecule has 35 heavy (non-hydrogen) atoms. The van der Waals surface area contributed by atoms with Gasteiger partial charge in [-0.25, -0.2) is 19.0 Å². The van der Waals surface area contributed by atoms with Crippen LogP contribution in [0.5, 0.6) is 0 Å². The Hall–Kier alpha value is -3.29. The molecule has 1 saturated heterocycles. The average molecular weight is 477 g/mol. The Morgan fingerprint density at radius 2 is 1.89 bits per heavy atom. The van der Waals surface area contributed by atoms with Crippen LogP contribution in [0.1, 0.15) is 49.9 Å². The first-order chi connectivity index (χ1) is 17.0. The van der Waals surface area contributed by atoms with E-state index in [4.69, 9.17) is 10.1 Å². The predicted octanol–water partition coefficient (Wildman–Crippen LogP) is 4.43. The molecule has 2 fully saturated rings. The minimum absolute atomic E-state index is 0.0575. The minimum atomic E-state index is -0.241. The Balaban J connectivity index is 1.35. The van der Waals surface area contributed by atoms with Crippen molar-refractivity contribution in [3.05, 3.63) is 59.8 Å². The lowest BCUT2D eigenvalue weighted by molar-refractivity contribution is -0.132. The maximum atomic E-state index is 13.9. The molecule has 2 unspecified atom stereocenters. The van der Waals surface area contributed by atoms with E-state index in [1.54, 1.807) is 25.3 Å². The Morgan fingerprint density at radius 3 is 2.60 bits per heavy atom. The molecule has 2 aliphatic rings. The Kier molecular flexibility index (Phi) is 6.79. The van der Waals surface area contributed by atoms with Crippen molar-refractivity contribution in [2.45, 2.75) is 52.0 Å². The molecule has 8 heteroatoms. The van der Waals surface area contributed by atoms with E-state index in [9.17, 15) is 9.18 Å². The van der Waals surface area contributed by atoms with Crippen LogP contribution in [0.4, 0.5) is 10.2 Å². The number of anilines is 1. The number of halogens is 1. The third kappa shape index (κ3) is 5.06. The van der Waals surface area contributed by atoms with E-state index in [1.165, 1.54) is 12.5 Å². The van der Waals surface area contributed by atoms with Gasteiger partial charge in [-0.3, -0.25) is 4.79 Å². The first kappa shape index (κ1) is 23.5. The van der Waals surface area contributed by atoms with E-state index in [1.807, 2.05) is 27.8 Å². The van der Waals surface area contributed by atoms with Gasteiger partial charge in [0, 0.05) is 43.9 Å². The molecule has 1 saturated carbocycles. The molecule has 0 radical (unpaired) electrons. The van der Waals surface area contributed by atoms with Gasteiger partial charge in [0.1, 0.15) is 24.0 Å². The van der Waals surface area contributed by atoms with E-state index in [-0.39, 0.29) is 24.2 Å². The summed E-state index contributed by atoms with van der Waals surface area (Å²) in [6.07, 6.45) is 6.40. The van der Waals surface area contributed by atoms with E-state index in [0.29, 0.717) is 30.4 Å². The zero-order valence-corrected chi connectivity index (χ0v) is 20.5. The van der Waals surface area contributed by atoms with Crippen molar-refractivity contribution in [2.75, 3.05) is 31.1 Å². The van der Waals surface area contributed by atoms with Crippen molar-refractivity contribution in [1.29, 1.82) is 0 Å². The van der Waals surface area contributed by atoms with Crippen LogP contribution in [0.3, 0.4) is 0 Å². The molecule has 2 atom stereocenters. The summed E-state index contributed by atoms with van der Waals surface area (Å²) in [4.78, 5) is 26.8. The number of carbonyl (C=O) groups is 1. The van der Waals surface area contributed by atoms with Crippen LogP contribution >= 0.6 is 0 Å². The lowest BCUT2D eigenvalue weighted by Gasteiger charge is -2.35. The predicted molar refractivity (Wildman–Crippen MR) is 134 cm³/mol. The topological polar surface area (TPSA) is 67.2 Å². The number of carbonyl (C=O) groups excluding carboxylic acids is 1. The van der Waals surface area contributed by atoms with Crippen molar-refractivity contribution in [3.8, 4) is 11.4 Å². The zero-order chi connectivity index (χ0) is 24.4. The van der Waals surface area contributed by atoms with Gasteiger partial charge in [-0.1, -0.05) is 32.3 Å². The lowest BCUT2D eigenvalue weighted by atomic mass is 9.80. The van der Waals surface area contributed by atoms with E-state index < -0.39 is 0 Å². The largest absolute Gasteiger partial charge is 0.353 e. The van der Waals surface area contributed by atoms with Crippen molar-refractivity contribution in [1.82, 2.24) is 24.6 Å². The van der Waals surface area contributed by atoms with Gasteiger partial charge in [-0.15, -0.1) is 0 Å². The molecule has 1 aliphatic carbocycles. The highest BCUT2D eigenvalue weighted by molar-refractivity contribution is 5.76. The zero-order valence-electron chi connectivity index (χ0n) is 20.5. The Bertz CT molecular complexity index is 1170. The van der Waals surface area contributed by atoms with Crippen molar-refractivity contribution < 1.29 is 9.18 Å². The second kappa shape index (κ2) is 10.1. The van der Waals surface area contributed by atoms with Crippen LogP contribution < -0.4 is 4.90 Å². The molecule has 5 rings (SSSR count). The molecular weight excluding hydrogens is 443 g/mol. The van der Waals surface area contributed by atoms with Gasteiger partial charge in [0.25, 0.3) is 0 Å². The van der Waals surface area contributed by atoms with Crippen molar-refractivity contribution in [2.24, 2.45) is 5.92 Å². The molecule has 184 valence electrons. The number of rotatable bonds is 5. The summed E-state index contributed by atoms with van der Waals surface area (Å²) in [6, 6.07) is 10.9. The fourth-order valence-electron chi connectivity index (χ4n) is 5.30. The minimum Gasteiger partial charge on any atom is -0.353 e. The van der Waals surface area contributed by atoms with Crippen LogP contribution in [-0.4, -0.2) is 56.7 Å². The summed E-state index contributed by atoms with van der Waals surface area (Å²) in [5.41, 5.74) is 1.34. The summed E-state index contributed by atoms with van der Waals surface area (Å²) >= 11 is 0.